The zero-order valence-corrected chi connectivity index (χ0v) is 29.3. The first kappa shape index (κ1) is 51.5. The Bertz CT molecular complexity index is 1130. The van der Waals surface area contributed by atoms with E-state index >= 15 is 0 Å². The van der Waals surface area contributed by atoms with Gasteiger partial charge in [0.1, 0.15) is 5.84 Å². The number of rotatable bonds is 0. The van der Waals surface area contributed by atoms with Gasteiger partial charge in [-0.15, -0.1) is 0 Å². The SMILES string of the molecule is C.C.C.C.C=C1NC=NCC1C(C)(C)C.CC(C)(C)C1=NCCC(=O)N1.CC(C)(C)C1CC(=O)NC=N1.CC(C)(C)N1C=NC(=O)CC1. The molecule has 11 nitrogen and oxygen atoms in total. The van der Waals surface area contributed by atoms with Gasteiger partial charge < -0.3 is 20.9 Å². The highest BCUT2D eigenvalue weighted by Crippen LogP contribution is 2.31. The van der Waals surface area contributed by atoms with Crippen LogP contribution in [0.1, 0.15) is 132 Å². The van der Waals surface area contributed by atoms with Crippen LogP contribution in [-0.4, -0.2) is 78.7 Å². The van der Waals surface area contributed by atoms with Gasteiger partial charge in [-0.25, -0.2) is 4.99 Å². The smallest absolute Gasteiger partial charge is 0.248 e. The molecule has 0 saturated carbocycles. The molecule has 0 saturated heterocycles. The van der Waals surface area contributed by atoms with Crippen molar-refractivity contribution in [1.29, 1.82) is 0 Å². The molecule has 0 fully saturated rings. The van der Waals surface area contributed by atoms with Crippen LogP contribution in [0.25, 0.3) is 0 Å². The number of carbonyl (C=O) groups excluding carboxylic acids is 3. The van der Waals surface area contributed by atoms with Crippen LogP contribution in [-0.2, 0) is 14.4 Å². The normalized spacial score (nSPS) is 20.2. The number of amidine groups is 1. The second-order valence-electron chi connectivity index (χ2n) is 15.5. The Hall–Kier alpha value is -3.37. The molecule has 0 radical (unpaired) electrons. The number of hydrogen-bond acceptors (Lipinski definition) is 8. The molecule has 0 aromatic heterocycles. The molecule has 2 atom stereocenters. The number of nitrogens with zero attached hydrogens (tertiary/aromatic N) is 5. The Kier molecular flexibility index (Phi) is 23.1. The van der Waals surface area contributed by atoms with Crippen molar-refractivity contribution in [3.05, 3.63) is 12.3 Å². The molecule has 4 heterocycles. The summed E-state index contributed by atoms with van der Waals surface area (Å²) in [4.78, 5) is 51.0. The molecule has 48 heavy (non-hydrogen) atoms. The molecule has 2 unspecified atom stereocenters. The van der Waals surface area contributed by atoms with Gasteiger partial charge in [-0.2, -0.15) is 0 Å². The standard InChI is InChI=1S/C9H16N2.3C8H14N2O.4CH4/c1-7-8(9(2,3)4)5-10-6-11-7;1-8(2,3)6-4-7(11)10-5-9-6;1-8(2,3)10-5-4-7(11)9-6-10;1-8(2,3)7-9-5-4-6(11)10-7;;;;/h6,8H,1,5H2,2-4H3,(H,10,11);5-6H,4H2,1-3H3,(H,9,10,11);6H,4-5H2,1-3H3;4-5H2,1-3H3,(H,9,10,11);4*1H4. The highest BCUT2D eigenvalue weighted by atomic mass is 16.2. The Labute approximate surface area is 295 Å². The quantitative estimate of drug-likeness (QED) is 0.247. The number of amides is 3. The molecule has 0 aliphatic carbocycles. The van der Waals surface area contributed by atoms with E-state index in [4.69, 9.17) is 0 Å². The van der Waals surface area contributed by atoms with Crippen molar-refractivity contribution in [3.8, 4) is 0 Å². The Morgan fingerprint density at radius 2 is 1.38 bits per heavy atom. The highest BCUT2D eigenvalue weighted by Gasteiger charge is 2.29. The van der Waals surface area contributed by atoms with E-state index in [2.05, 4.69) is 110 Å². The minimum atomic E-state index is -0.0317. The monoisotopic (exact) mass is 679 g/mol. The van der Waals surface area contributed by atoms with E-state index in [9.17, 15) is 14.4 Å². The van der Waals surface area contributed by atoms with Gasteiger partial charge in [0.05, 0.1) is 25.1 Å². The second kappa shape index (κ2) is 21.6. The zero-order valence-electron chi connectivity index (χ0n) is 29.3. The van der Waals surface area contributed by atoms with Gasteiger partial charge in [0.15, 0.2) is 0 Å². The van der Waals surface area contributed by atoms with Crippen molar-refractivity contribution in [2.45, 2.75) is 144 Å². The molecule has 0 bridgehead atoms. The highest BCUT2D eigenvalue weighted by molar-refractivity contribution is 6.02. The molecule has 11 heteroatoms. The maximum absolute atomic E-state index is 10.9. The predicted octanol–water partition coefficient (Wildman–Crippen LogP) is 7.28. The molecule has 0 aromatic carbocycles. The molecule has 3 N–H and O–H groups in total. The van der Waals surface area contributed by atoms with E-state index in [0.717, 1.165) is 24.6 Å². The van der Waals surface area contributed by atoms with Gasteiger partial charge in [0, 0.05) is 61.5 Å². The van der Waals surface area contributed by atoms with Crippen molar-refractivity contribution in [3.63, 3.8) is 0 Å². The topological polar surface area (TPSA) is 140 Å². The van der Waals surface area contributed by atoms with Crippen molar-refractivity contribution in [1.82, 2.24) is 20.9 Å². The van der Waals surface area contributed by atoms with Crippen molar-refractivity contribution < 1.29 is 14.4 Å². The molecule has 4 aliphatic heterocycles. The van der Waals surface area contributed by atoms with Gasteiger partial charge in [-0.1, -0.05) is 98.6 Å². The fourth-order valence-electron chi connectivity index (χ4n) is 4.22. The van der Waals surface area contributed by atoms with Crippen LogP contribution in [0.15, 0.2) is 32.2 Å². The van der Waals surface area contributed by atoms with Gasteiger partial charge in [0.2, 0.25) is 17.7 Å². The summed E-state index contributed by atoms with van der Waals surface area (Å²) in [6.45, 7) is 31.6. The fourth-order valence-corrected chi connectivity index (χ4v) is 4.22. The van der Waals surface area contributed by atoms with Crippen LogP contribution in [0, 0.1) is 22.2 Å². The minimum absolute atomic E-state index is 0. The lowest BCUT2D eigenvalue weighted by Crippen LogP contribution is -2.43. The lowest BCUT2D eigenvalue weighted by Gasteiger charge is -2.35. The predicted molar refractivity (Wildman–Crippen MR) is 209 cm³/mol. The van der Waals surface area contributed by atoms with Gasteiger partial charge in [-0.05, 0) is 31.6 Å². The Balaban J connectivity index is -0.000000262. The lowest BCUT2D eigenvalue weighted by atomic mass is 9.78. The summed E-state index contributed by atoms with van der Waals surface area (Å²) < 4.78 is 0. The van der Waals surface area contributed by atoms with Crippen LogP contribution in [0.3, 0.4) is 0 Å². The summed E-state index contributed by atoms with van der Waals surface area (Å²) in [7, 11) is 0. The van der Waals surface area contributed by atoms with Crippen LogP contribution in [0.2, 0.25) is 0 Å². The van der Waals surface area contributed by atoms with Crippen LogP contribution in [0.4, 0.5) is 0 Å². The van der Waals surface area contributed by atoms with E-state index in [1.807, 2.05) is 20.8 Å². The average molecular weight is 679 g/mol. The van der Waals surface area contributed by atoms with Gasteiger partial charge >= 0.3 is 0 Å². The third kappa shape index (κ3) is 19.5. The van der Waals surface area contributed by atoms with Gasteiger partial charge in [0.25, 0.3) is 0 Å². The van der Waals surface area contributed by atoms with E-state index < -0.39 is 0 Å². The molecular weight excluding hydrogens is 604 g/mol. The molecule has 280 valence electrons. The first-order valence-corrected chi connectivity index (χ1v) is 15.4. The molecule has 4 aliphatic rings. The average Bonchev–Trinajstić information content (AvgIpc) is 2.88. The van der Waals surface area contributed by atoms with Crippen molar-refractivity contribution in [2.24, 2.45) is 42.1 Å². The Morgan fingerprint density at radius 1 is 0.792 bits per heavy atom. The Morgan fingerprint density at radius 3 is 1.71 bits per heavy atom. The number of aliphatic imine (C=N–C) groups is 4. The van der Waals surface area contributed by atoms with Crippen LogP contribution >= 0.6 is 0 Å². The maximum Gasteiger partial charge on any atom is 0.248 e. The number of hydrogen-bond donors (Lipinski definition) is 3. The van der Waals surface area contributed by atoms with E-state index in [-0.39, 0.29) is 75.3 Å². The van der Waals surface area contributed by atoms with Gasteiger partial charge in [-0.3, -0.25) is 29.4 Å². The molecule has 0 spiro atoms. The summed E-state index contributed by atoms with van der Waals surface area (Å²) in [6.07, 6.45) is 6.46. The maximum atomic E-state index is 10.9. The fraction of sp³-hybridized carbons (Fsp3) is 0.757. The first-order chi connectivity index (χ1) is 20.0. The van der Waals surface area contributed by atoms with Crippen LogP contribution < -0.4 is 16.0 Å². The molecule has 4 rings (SSSR count). The zero-order chi connectivity index (χ0) is 33.9. The molecular formula is C37H74N8O3. The largest absolute Gasteiger partial charge is 0.357 e. The summed E-state index contributed by atoms with van der Waals surface area (Å²) in [5.41, 5.74) is 1.50. The summed E-state index contributed by atoms with van der Waals surface area (Å²) >= 11 is 0. The second-order valence-corrected chi connectivity index (χ2v) is 15.5. The van der Waals surface area contributed by atoms with E-state index in [0.29, 0.717) is 31.7 Å². The minimum Gasteiger partial charge on any atom is -0.357 e. The molecule has 3 amide bonds. The van der Waals surface area contributed by atoms with Crippen LogP contribution in [0.5, 0.6) is 0 Å². The molecule has 0 aromatic rings. The summed E-state index contributed by atoms with van der Waals surface area (Å²) in [5, 5.41) is 8.37. The summed E-state index contributed by atoms with van der Waals surface area (Å²) in [6, 6.07) is 0.135. The number of carbonyl (C=O) groups is 3. The summed E-state index contributed by atoms with van der Waals surface area (Å²) in [5.74, 6) is 1.43. The first-order valence-electron chi connectivity index (χ1n) is 15.4. The third-order valence-corrected chi connectivity index (χ3v) is 7.30. The van der Waals surface area contributed by atoms with Crippen molar-refractivity contribution >= 4 is 42.6 Å². The third-order valence-electron chi connectivity index (χ3n) is 7.30. The number of nitrogens with one attached hydrogen (secondary N) is 3. The van der Waals surface area contributed by atoms with E-state index in [1.54, 1.807) is 12.7 Å². The lowest BCUT2D eigenvalue weighted by molar-refractivity contribution is -0.121. The van der Waals surface area contributed by atoms with Crippen molar-refractivity contribution in [2.75, 3.05) is 19.6 Å². The van der Waals surface area contributed by atoms with E-state index in [1.165, 1.54) is 6.34 Å².